The summed E-state index contributed by atoms with van der Waals surface area (Å²) < 4.78 is 0. The summed E-state index contributed by atoms with van der Waals surface area (Å²) >= 11 is 0. The van der Waals surface area contributed by atoms with Crippen molar-refractivity contribution in [1.29, 1.82) is 0 Å². The molecule has 2 atom stereocenters. The van der Waals surface area contributed by atoms with E-state index in [1.165, 1.54) is 12.8 Å². The Hall–Kier alpha value is -1.52. The van der Waals surface area contributed by atoms with Gasteiger partial charge in [0.2, 0.25) is 0 Å². The molecule has 110 valence electrons. The Balaban J connectivity index is 1.74. The molecule has 1 amide bonds. The molecule has 0 bridgehead atoms. The Morgan fingerprint density at radius 2 is 2.10 bits per heavy atom. The van der Waals surface area contributed by atoms with Crippen LogP contribution in [0.3, 0.4) is 0 Å². The van der Waals surface area contributed by atoms with Crippen LogP contribution in [0.25, 0.3) is 0 Å². The first kappa shape index (κ1) is 13.5. The SMILES string of the molecule is CC1CCCC(N(C)C(=O)c2n[nH]c(C3CC3)c2N)C1. The second-order valence-corrected chi connectivity index (χ2v) is 6.52. The maximum absolute atomic E-state index is 12.6. The summed E-state index contributed by atoms with van der Waals surface area (Å²) in [4.78, 5) is 14.4. The fraction of sp³-hybridized carbons (Fsp3) is 0.733. The molecular weight excluding hydrogens is 252 g/mol. The number of nitrogen functional groups attached to an aromatic ring is 1. The molecule has 0 saturated heterocycles. The highest BCUT2D eigenvalue weighted by Crippen LogP contribution is 2.42. The van der Waals surface area contributed by atoms with Gasteiger partial charge in [-0.3, -0.25) is 9.89 Å². The average molecular weight is 276 g/mol. The van der Waals surface area contributed by atoms with E-state index in [4.69, 9.17) is 5.73 Å². The number of rotatable bonds is 3. The van der Waals surface area contributed by atoms with Gasteiger partial charge in [0.05, 0.1) is 11.4 Å². The Labute approximate surface area is 119 Å². The minimum atomic E-state index is -0.0373. The molecule has 5 heteroatoms. The van der Waals surface area contributed by atoms with Crippen molar-refractivity contribution in [2.45, 2.75) is 57.4 Å². The topological polar surface area (TPSA) is 75.0 Å². The van der Waals surface area contributed by atoms with E-state index in [1.54, 1.807) is 0 Å². The molecule has 2 aliphatic carbocycles. The van der Waals surface area contributed by atoms with Crippen LogP contribution < -0.4 is 5.73 Å². The van der Waals surface area contributed by atoms with Crippen molar-refractivity contribution in [3.05, 3.63) is 11.4 Å². The van der Waals surface area contributed by atoms with Crippen LogP contribution in [0.4, 0.5) is 5.69 Å². The summed E-state index contributed by atoms with van der Waals surface area (Å²) in [7, 11) is 1.88. The van der Waals surface area contributed by atoms with Crippen LogP contribution in [-0.4, -0.2) is 34.1 Å². The largest absolute Gasteiger partial charge is 0.395 e. The zero-order chi connectivity index (χ0) is 14.3. The summed E-state index contributed by atoms with van der Waals surface area (Å²) in [5.41, 5.74) is 8.03. The number of amides is 1. The van der Waals surface area contributed by atoms with Crippen molar-refractivity contribution in [1.82, 2.24) is 15.1 Å². The van der Waals surface area contributed by atoms with Gasteiger partial charge in [0.15, 0.2) is 5.69 Å². The first-order chi connectivity index (χ1) is 9.58. The number of aromatic nitrogens is 2. The Morgan fingerprint density at radius 3 is 2.75 bits per heavy atom. The number of nitrogens with zero attached hydrogens (tertiary/aromatic N) is 2. The molecule has 0 spiro atoms. The number of aromatic amines is 1. The number of anilines is 1. The van der Waals surface area contributed by atoms with Gasteiger partial charge >= 0.3 is 0 Å². The third-order valence-corrected chi connectivity index (χ3v) is 4.80. The van der Waals surface area contributed by atoms with Gasteiger partial charge in [-0.1, -0.05) is 19.8 Å². The highest BCUT2D eigenvalue weighted by atomic mass is 16.2. The minimum Gasteiger partial charge on any atom is -0.395 e. The quantitative estimate of drug-likeness (QED) is 0.890. The van der Waals surface area contributed by atoms with E-state index in [-0.39, 0.29) is 5.91 Å². The van der Waals surface area contributed by atoms with Crippen molar-refractivity contribution in [2.24, 2.45) is 5.92 Å². The summed E-state index contributed by atoms with van der Waals surface area (Å²) in [6, 6.07) is 0.326. The summed E-state index contributed by atoms with van der Waals surface area (Å²) in [6.45, 7) is 2.26. The molecule has 1 aromatic rings. The van der Waals surface area contributed by atoms with Gasteiger partial charge in [-0.25, -0.2) is 0 Å². The van der Waals surface area contributed by atoms with Crippen LogP contribution >= 0.6 is 0 Å². The van der Waals surface area contributed by atoms with Crippen LogP contribution in [0.5, 0.6) is 0 Å². The lowest BCUT2D eigenvalue weighted by molar-refractivity contribution is 0.0667. The van der Waals surface area contributed by atoms with Crippen LogP contribution in [0.2, 0.25) is 0 Å². The molecule has 1 aromatic heterocycles. The number of carbonyl (C=O) groups excluding carboxylic acids is 1. The molecule has 5 nitrogen and oxygen atoms in total. The molecule has 3 rings (SSSR count). The molecule has 2 aliphatic rings. The molecule has 0 radical (unpaired) electrons. The average Bonchev–Trinajstić information content (AvgIpc) is 3.20. The number of nitrogens with two attached hydrogens (primary N) is 1. The Morgan fingerprint density at radius 1 is 1.35 bits per heavy atom. The van der Waals surface area contributed by atoms with E-state index >= 15 is 0 Å². The highest BCUT2D eigenvalue weighted by Gasteiger charge is 2.33. The van der Waals surface area contributed by atoms with Crippen LogP contribution in [-0.2, 0) is 0 Å². The lowest BCUT2D eigenvalue weighted by atomic mass is 9.86. The molecule has 20 heavy (non-hydrogen) atoms. The molecule has 0 aromatic carbocycles. The van der Waals surface area contributed by atoms with Gasteiger partial charge < -0.3 is 10.6 Å². The second-order valence-electron chi connectivity index (χ2n) is 6.52. The second kappa shape index (κ2) is 5.11. The predicted octanol–water partition coefficient (Wildman–Crippen LogP) is 2.52. The molecule has 2 unspecified atom stereocenters. The number of hydrogen-bond donors (Lipinski definition) is 2. The van der Waals surface area contributed by atoms with Gasteiger partial charge in [-0.2, -0.15) is 5.10 Å². The molecular formula is C15H24N4O. The smallest absolute Gasteiger partial charge is 0.276 e. The summed E-state index contributed by atoms with van der Waals surface area (Å²) in [6.07, 6.45) is 6.95. The maximum Gasteiger partial charge on any atom is 0.276 e. The number of carbonyl (C=O) groups is 1. The van der Waals surface area contributed by atoms with Crippen LogP contribution in [0, 0.1) is 5.92 Å². The van der Waals surface area contributed by atoms with Crippen molar-refractivity contribution in [2.75, 3.05) is 12.8 Å². The van der Waals surface area contributed by atoms with E-state index in [0.29, 0.717) is 29.3 Å². The Kier molecular flexibility index (Phi) is 3.44. The van der Waals surface area contributed by atoms with Crippen LogP contribution in [0.1, 0.15) is 67.5 Å². The van der Waals surface area contributed by atoms with E-state index in [0.717, 1.165) is 31.4 Å². The molecule has 2 fully saturated rings. The third kappa shape index (κ3) is 2.41. The first-order valence-electron chi connectivity index (χ1n) is 7.68. The number of hydrogen-bond acceptors (Lipinski definition) is 3. The van der Waals surface area contributed by atoms with E-state index in [9.17, 15) is 4.79 Å². The van der Waals surface area contributed by atoms with Gasteiger partial charge in [0.25, 0.3) is 5.91 Å². The monoisotopic (exact) mass is 276 g/mol. The summed E-state index contributed by atoms with van der Waals surface area (Å²) in [5.74, 6) is 1.15. The van der Waals surface area contributed by atoms with Crippen molar-refractivity contribution in [3.8, 4) is 0 Å². The third-order valence-electron chi connectivity index (χ3n) is 4.80. The number of H-pyrrole nitrogens is 1. The fourth-order valence-electron chi connectivity index (χ4n) is 3.30. The van der Waals surface area contributed by atoms with Crippen molar-refractivity contribution < 1.29 is 4.79 Å². The van der Waals surface area contributed by atoms with Gasteiger partial charge in [-0.15, -0.1) is 0 Å². The van der Waals surface area contributed by atoms with Gasteiger partial charge in [0, 0.05) is 19.0 Å². The van der Waals surface area contributed by atoms with Gasteiger partial charge in [-0.05, 0) is 31.6 Å². The first-order valence-corrected chi connectivity index (χ1v) is 7.68. The predicted molar refractivity (Wildman–Crippen MR) is 78.5 cm³/mol. The maximum atomic E-state index is 12.6. The highest BCUT2D eigenvalue weighted by molar-refractivity contribution is 5.97. The number of nitrogens with one attached hydrogen (secondary N) is 1. The van der Waals surface area contributed by atoms with E-state index in [2.05, 4.69) is 17.1 Å². The standard InChI is InChI=1S/C15H24N4O/c1-9-4-3-5-11(8-9)19(2)15(20)14-12(16)13(17-18-14)10-6-7-10/h9-11H,3-8,16H2,1-2H3,(H,17,18). The van der Waals surface area contributed by atoms with E-state index < -0.39 is 0 Å². The lowest BCUT2D eigenvalue weighted by Crippen LogP contribution is -2.40. The van der Waals surface area contributed by atoms with Crippen molar-refractivity contribution >= 4 is 11.6 Å². The van der Waals surface area contributed by atoms with Gasteiger partial charge in [0.1, 0.15) is 0 Å². The van der Waals surface area contributed by atoms with Crippen molar-refractivity contribution in [3.63, 3.8) is 0 Å². The van der Waals surface area contributed by atoms with E-state index in [1.807, 2.05) is 11.9 Å². The zero-order valence-corrected chi connectivity index (χ0v) is 12.4. The normalized spacial score (nSPS) is 26.5. The lowest BCUT2D eigenvalue weighted by Gasteiger charge is -2.33. The Bertz CT molecular complexity index is 506. The molecule has 1 heterocycles. The minimum absolute atomic E-state index is 0.0373. The molecule has 3 N–H and O–H groups in total. The molecule has 0 aliphatic heterocycles. The fourth-order valence-corrected chi connectivity index (χ4v) is 3.30. The van der Waals surface area contributed by atoms with Crippen LogP contribution in [0.15, 0.2) is 0 Å². The summed E-state index contributed by atoms with van der Waals surface area (Å²) in [5, 5.41) is 7.13. The molecule has 2 saturated carbocycles. The zero-order valence-electron chi connectivity index (χ0n) is 12.4.